The van der Waals surface area contributed by atoms with E-state index in [1.165, 1.54) is 12.1 Å². The third-order valence-electron chi connectivity index (χ3n) is 2.04. The smallest absolute Gasteiger partial charge is 0.123 e. The highest BCUT2D eigenvalue weighted by atomic mass is 19.1. The van der Waals surface area contributed by atoms with Crippen LogP contribution in [-0.4, -0.2) is 0 Å². The third kappa shape index (κ3) is 2.06. The lowest BCUT2D eigenvalue weighted by Gasteiger charge is -2.16. The van der Waals surface area contributed by atoms with Gasteiger partial charge in [0.05, 0.1) is 11.5 Å². The van der Waals surface area contributed by atoms with Crippen molar-refractivity contribution in [2.75, 3.05) is 0 Å². The highest BCUT2D eigenvalue weighted by Gasteiger charge is 2.20. The Bertz CT molecular complexity index is 341. The molecule has 1 rings (SSSR count). The van der Waals surface area contributed by atoms with Gasteiger partial charge in [-0.3, -0.25) is 0 Å². The van der Waals surface area contributed by atoms with Crippen molar-refractivity contribution < 1.29 is 4.39 Å². The van der Waals surface area contributed by atoms with Crippen LogP contribution >= 0.6 is 0 Å². The molecule has 0 heterocycles. The highest BCUT2D eigenvalue weighted by Crippen LogP contribution is 2.23. The molecule has 0 bridgehead atoms. The van der Waals surface area contributed by atoms with E-state index in [2.05, 4.69) is 6.07 Å². The summed E-state index contributed by atoms with van der Waals surface area (Å²) < 4.78 is 13.0. The molecular formula is C11H12FN. The van der Waals surface area contributed by atoms with Crippen molar-refractivity contribution in [1.82, 2.24) is 0 Å². The first-order valence-electron chi connectivity index (χ1n) is 4.14. The number of hydrogen-bond acceptors (Lipinski definition) is 1. The van der Waals surface area contributed by atoms with Crippen molar-refractivity contribution in [3.05, 3.63) is 35.1 Å². The summed E-state index contributed by atoms with van der Waals surface area (Å²) in [4.78, 5) is 0. The lowest BCUT2D eigenvalue weighted by atomic mass is 9.85. The second-order valence-corrected chi connectivity index (χ2v) is 3.75. The SMILES string of the molecule is Cc1cc(F)cc(C(C)(C)C#N)c1. The Balaban J connectivity index is 3.25. The van der Waals surface area contributed by atoms with Crippen molar-refractivity contribution >= 4 is 0 Å². The molecule has 0 saturated carbocycles. The van der Waals surface area contributed by atoms with E-state index in [9.17, 15) is 4.39 Å². The normalized spacial score (nSPS) is 11.0. The summed E-state index contributed by atoms with van der Waals surface area (Å²) in [6, 6.07) is 6.85. The van der Waals surface area contributed by atoms with Gasteiger partial charge in [-0.2, -0.15) is 5.26 Å². The van der Waals surface area contributed by atoms with Crippen LogP contribution in [0.2, 0.25) is 0 Å². The lowest BCUT2D eigenvalue weighted by molar-refractivity contribution is 0.611. The van der Waals surface area contributed by atoms with Crippen LogP contribution in [0.5, 0.6) is 0 Å². The summed E-state index contributed by atoms with van der Waals surface area (Å²) >= 11 is 0. The van der Waals surface area contributed by atoms with Crippen molar-refractivity contribution in [2.24, 2.45) is 0 Å². The first-order chi connectivity index (χ1) is 5.95. The molecule has 0 atom stereocenters. The monoisotopic (exact) mass is 177 g/mol. The highest BCUT2D eigenvalue weighted by molar-refractivity contribution is 5.33. The van der Waals surface area contributed by atoms with E-state index >= 15 is 0 Å². The summed E-state index contributed by atoms with van der Waals surface area (Å²) in [7, 11) is 0. The summed E-state index contributed by atoms with van der Waals surface area (Å²) in [6.45, 7) is 5.38. The number of nitrogens with zero attached hydrogens (tertiary/aromatic N) is 1. The predicted octanol–water partition coefficient (Wildman–Crippen LogP) is 2.94. The quantitative estimate of drug-likeness (QED) is 0.647. The maximum absolute atomic E-state index is 13.0. The molecule has 0 amide bonds. The summed E-state index contributed by atoms with van der Waals surface area (Å²) in [6.07, 6.45) is 0. The van der Waals surface area contributed by atoms with Gasteiger partial charge < -0.3 is 0 Å². The fourth-order valence-electron chi connectivity index (χ4n) is 1.16. The fraction of sp³-hybridized carbons (Fsp3) is 0.364. The number of nitriles is 1. The van der Waals surface area contributed by atoms with E-state index in [1.54, 1.807) is 13.8 Å². The number of rotatable bonds is 1. The molecule has 0 aliphatic carbocycles. The van der Waals surface area contributed by atoms with E-state index < -0.39 is 5.41 Å². The van der Waals surface area contributed by atoms with Crippen LogP contribution in [0.25, 0.3) is 0 Å². The van der Waals surface area contributed by atoms with Crippen molar-refractivity contribution in [2.45, 2.75) is 26.2 Å². The van der Waals surface area contributed by atoms with E-state index in [4.69, 9.17) is 5.26 Å². The molecule has 0 aromatic heterocycles. The molecule has 0 fully saturated rings. The molecule has 1 nitrogen and oxygen atoms in total. The second-order valence-electron chi connectivity index (χ2n) is 3.75. The Morgan fingerprint density at radius 3 is 2.38 bits per heavy atom. The molecular weight excluding hydrogens is 165 g/mol. The van der Waals surface area contributed by atoms with E-state index in [-0.39, 0.29) is 5.82 Å². The molecule has 0 aliphatic heterocycles. The van der Waals surface area contributed by atoms with Gasteiger partial charge in [-0.1, -0.05) is 6.07 Å². The Hall–Kier alpha value is -1.36. The minimum Gasteiger partial charge on any atom is -0.207 e. The minimum absolute atomic E-state index is 0.279. The summed E-state index contributed by atoms with van der Waals surface area (Å²) in [5, 5.41) is 8.86. The fourth-order valence-corrected chi connectivity index (χ4v) is 1.16. The largest absolute Gasteiger partial charge is 0.207 e. The van der Waals surface area contributed by atoms with E-state index in [0.29, 0.717) is 0 Å². The van der Waals surface area contributed by atoms with Crippen LogP contribution in [0.4, 0.5) is 4.39 Å². The molecule has 0 radical (unpaired) electrons. The van der Waals surface area contributed by atoms with Crippen LogP contribution in [0.15, 0.2) is 18.2 Å². The lowest BCUT2D eigenvalue weighted by Crippen LogP contribution is -2.14. The Morgan fingerprint density at radius 2 is 1.92 bits per heavy atom. The van der Waals surface area contributed by atoms with Gasteiger partial charge in [0, 0.05) is 0 Å². The molecule has 0 spiro atoms. The third-order valence-corrected chi connectivity index (χ3v) is 2.04. The summed E-state index contributed by atoms with van der Waals surface area (Å²) in [5.41, 5.74) is 0.957. The standard InChI is InChI=1S/C11H12FN/c1-8-4-9(6-10(12)5-8)11(2,3)7-13/h4-6H,1-3H3. The van der Waals surface area contributed by atoms with Gasteiger partial charge in [-0.05, 0) is 44.0 Å². The minimum atomic E-state index is -0.618. The van der Waals surface area contributed by atoms with Gasteiger partial charge in [0.25, 0.3) is 0 Å². The molecule has 0 unspecified atom stereocenters. The van der Waals surface area contributed by atoms with Crippen LogP contribution in [-0.2, 0) is 5.41 Å². The zero-order valence-electron chi connectivity index (χ0n) is 8.06. The van der Waals surface area contributed by atoms with E-state index in [0.717, 1.165) is 11.1 Å². The van der Waals surface area contributed by atoms with Gasteiger partial charge in [0.2, 0.25) is 0 Å². The molecule has 68 valence electrons. The maximum Gasteiger partial charge on any atom is 0.123 e. The van der Waals surface area contributed by atoms with Gasteiger partial charge in [-0.15, -0.1) is 0 Å². The molecule has 1 aromatic rings. The van der Waals surface area contributed by atoms with Gasteiger partial charge in [-0.25, -0.2) is 4.39 Å². The Kier molecular flexibility index (Phi) is 2.38. The van der Waals surface area contributed by atoms with Crippen LogP contribution in [0.3, 0.4) is 0 Å². The number of halogens is 1. The molecule has 13 heavy (non-hydrogen) atoms. The van der Waals surface area contributed by atoms with Crippen molar-refractivity contribution in [1.29, 1.82) is 5.26 Å². The van der Waals surface area contributed by atoms with E-state index in [1.807, 2.05) is 13.0 Å². The molecule has 1 aromatic carbocycles. The van der Waals surface area contributed by atoms with Gasteiger partial charge in [0.15, 0.2) is 0 Å². The second kappa shape index (κ2) is 3.18. The zero-order chi connectivity index (χ0) is 10.1. The average molecular weight is 177 g/mol. The number of aryl methyl sites for hydroxylation is 1. The predicted molar refractivity (Wildman–Crippen MR) is 49.8 cm³/mol. The maximum atomic E-state index is 13.0. The Morgan fingerprint density at radius 1 is 1.31 bits per heavy atom. The van der Waals surface area contributed by atoms with Gasteiger partial charge >= 0.3 is 0 Å². The zero-order valence-corrected chi connectivity index (χ0v) is 8.06. The molecule has 0 saturated heterocycles. The first kappa shape index (κ1) is 9.73. The average Bonchev–Trinajstić information content (AvgIpc) is 2.02. The number of hydrogen-bond donors (Lipinski definition) is 0. The van der Waals surface area contributed by atoms with Crippen LogP contribution in [0.1, 0.15) is 25.0 Å². The molecule has 0 aliphatic rings. The van der Waals surface area contributed by atoms with Crippen molar-refractivity contribution in [3.8, 4) is 6.07 Å². The first-order valence-corrected chi connectivity index (χ1v) is 4.14. The number of benzene rings is 1. The topological polar surface area (TPSA) is 23.8 Å². The summed E-state index contributed by atoms with van der Waals surface area (Å²) in [5.74, 6) is -0.279. The van der Waals surface area contributed by atoms with Gasteiger partial charge in [0.1, 0.15) is 5.82 Å². The van der Waals surface area contributed by atoms with Crippen LogP contribution in [0, 0.1) is 24.1 Å². The Labute approximate surface area is 77.8 Å². The van der Waals surface area contributed by atoms with Crippen molar-refractivity contribution in [3.63, 3.8) is 0 Å². The van der Waals surface area contributed by atoms with Crippen LogP contribution < -0.4 is 0 Å². The molecule has 2 heteroatoms. The molecule has 0 N–H and O–H groups in total.